The molecular weight excluding hydrogens is 601 g/mol. The van der Waals surface area contributed by atoms with Crippen LogP contribution >= 0.6 is 0 Å². The molecule has 0 spiro atoms. The first-order valence-electron chi connectivity index (χ1n) is 14.2. The van der Waals surface area contributed by atoms with Crippen molar-refractivity contribution in [1.29, 1.82) is 5.26 Å². The number of carboxylic acids is 1. The molecule has 0 atom stereocenters. The summed E-state index contributed by atoms with van der Waals surface area (Å²) in [5, 5.41) is 18.4. The molecule has 12 heteroatoms. The van der Waals surface area contributed by atoms with Crippen molar-refractivity contribution >= 4 is 17.0 Å². The van der Waals surface area contributed by atoms with Crippen molar-refractivity contribution < 1.29 is 37.3 Å². The first kappa shape index (κ1) is 32.0. The first-order valence-corrected chi connectivity index (χ1v) is 14.2. The van der Waals surface area contributed by atoms with Gasteiger partial charge in [0.05, 0.1) is 35.0 Å². The topological polar surface area (TPSA) is 119 Å². The van der Waals surface area contributed by atoms with Crippen LogP contribution in [0.25, 0.3) is 22.3 Å². The number of aliphatic carboxylic acids is 1. The zero-order chi connectivity index (χ0) is 33.0. The second kappa shape index (κ2) is 13.3. The van der Waals surface area contributed by atoms with Gasteiger partial charge in [-0.05, 0) is 61.9 Å². The minimum Gasteiger partial charge on any atom is -0.478 e. The molecule has 0 radical (unpaired) electrons. The Hall–Kier alpha value is -5.41. The Morgan fingerprint density at radius 1 is 0.978 bits per heavy atom. The molecule has 0 saturated carbocycles. The van der Waals surface area contributed by atoms with Gasteiger partial charge < -0.3 is 23.9 Å². The Labute approximate surface area is 262 Å². The lowest BCUT2D eigenvalue weighted by atomic mass is 10.0. The fourth-order valence-electron chi connectivity index (χ4n) is 4.74. The monoisotopic (exact) mass is 630 g/mol. The van der Waals surface area contributed by atoms with Crippen LogP contribution in [0.15, 0.2) is 66.7 Å². The van der Waals surface area contributed by atoms with Crippen LogP contribution in [-0.2, 0) is 29.1 Å². The molecule has 236 valence electrons. The third kappa shape index (κ3) is 6.95. The van der Waals surface area contributed by atoms with Crippen LogP contribution in [0.3, 0.4) is 0 Å². The van der Waals surface area contributed by atoms with Crippen molar-refractivity contribution in [2.45, 2.75) is 39.0 Å². The van der Waals surface area contributed by atoms with E-state index in [1.807, 2.05) is 6.07 Å². The van der Waals surface area contributed by atoms with Crippen LogP contribution in [-0.4, -0.2) is 44.9 Å². The number of ether oxygens (including phenoxy) is 3. The number of fused-ring (bicyclic) bond motifs is 1. The predicted molar refractivity (Wildman–Crippen MR) is 162 cm³/mol. The summed E-state index contributed by atoms with van der Waals surface area (Å²) in [5.41, 5.74) is 0.169. The number of nitrogens with zero attached hydrogens (tertiary/aromatic N) is 4. The molecule has 0 aliphatic carbocycles. The van der Waals surface area contributed by atoms with Gasteiger partial charge in [-0.2, -0.15) is 5.26 Å². The summed E-state index contributed by atoms with van der Waals surface area (Å²) in [5.74, 6) is -2.30. The maximum absolute atomic E-state index is 15.5. The zero-order valence-electron chi connectivity index (χ0n) is 25.2. The average molecular weight is 631 g/mol. The highest BCUT2D eigenvalue weighted by Crippen LogP contribution is 2.30. The number of nitriles is 1. The quantitative estimate of drug-likeness (QED) is 0.167. The Balaban J connectivity index is 1.40. The lowest BCUT2D eigenvalue weighted by Crippen LogP contribution is -2.37. The number of hydrogen-bond acceptors (Lipinski definition) is 7. The average Bonchev–Trinajstić information content (AvgIpc) is 3.36. The summed E-state index contributed by atoms with van der Waals surface area (Å²) in [6.07, 6.45) is -0.0506. The Morgan fingerprint density at radius 2 is 1.76 bits per heavy atom. The number of hydrogen-bond donors (Lipinski definition) is 1. The maximum atomic E-state index is 15.5. The normalized spacial score (nSPS) is 11.4. The summed E-state index contributed by atoms with van der Waals surface area (Å²) in [6, 6.07) is 17.5. The van der Waals surface area contributed by atoms with E-state index in [0.717, 1.165) is 18.2 Å². The SMILES string of the molecule is COCCn1c(Cc2cc(F)c(-c3cccc(OCc4ccc(C#N)cc4F)n3)cc2F)nc2ccc(OC(C)(C)C(=O)O)cc21. The number of methoxy groups -OCH3 is 1. The summed E-state index contributed by atoms with van der Waals surface area (Å²) < 4.78 is 63.6. The molecule has 0 amide bonds. The van der Waals surface area contributed by atoms with Gasteiger partial charge in [-0.3, -0.25) is 0 Å². The highest BCUT2D eigenvalue weighted by Gasteiger charge is 2.29. The van der Waals surface area contributed by atoms with Crippen molar-refractivity contribution in [3.63, 3.8) is 0 Å². The molecule has 1 N–H and O–H groups in total. The minimum absolute atomic E-state index is 0.0506. The van der Waals surface area contributed by atoms with Crippen LogP contribution in [0.4, 0.5) is 13.2 Å². The number of imidazole rings is 1. The van der Waals surface area contributed by atoms with Gasteiger partial charge in [-0.1, -0.05) is 12.1 Å². The molecule has 9 nitrogen and oxygen atoms in total. The number of aromatic nitrogens is 3. The van der Waals surface area contributed by atoms with Gasteiger partial charge >= 0.3 is 5.97 Å². The molecule has 0 bridgehead atoms. The van der Waals surface area contributed by atoms with Crippen molar-refractivity contribution in [2.75, 3.05) is 13.7 Å². The number of pyridine rings is 1. The van der Waals surface area contributed by atoms with E-state index in [2.05, 4.69) is 9.97 Å². The van der Waals surface area contributed by atoms with Gasteiger partial charge in [0.1, 0.15) is 35.6 Å². The van der Waals surface area contributed by atoms with E-state index in [-0.39, 0.29) is 46.9 Å². The third-order valence-electron chi connectivity index (χ3n) is 7.25. The number of rotatable bonds is 12. The minimum atomic E-state index is -1.47. The standard InChI is InChI=1S/C34H29F3N4O5/c1-34(2,33(42)43)46-23-9-10-29-30(16-23)41(11-12-44-3)31(39-29)15-22-14-27(37)24(17-26(22)36)28-5-4-6-32(40-28)45-19-21-8-7-20(18-38)13-25(21)35/h4-10,13-14,16-17H,11-12,15,19H2,1-3H3,(H,42,43). The summed E-state index contributed by atoms with van der Waals surface area (Å²) in [6.45, 7) is 3.34. The van der Waals surface area contributed by atoms with E-state index in [1.165, 1.54) is 45.2 Å². The molecule has 5 aromatic rings. The van der Waals surface area contributed by atoms with Gasteiger partial charge in [0.2, 0.25) is 5.88 Å². The Bertz CT molecular complexity index is 1970. The molecule has 5 rings (SSSR count). The van der Waals surface area contributed by atoms with Gasteiger partial charge in [-0.25, -0.2) is 27.9 Å². The summed E-state index contributed by atoms with van der Waals surface area (Å²) >= 11 is 0. The fraction of sp³-hybridized carbons (Fsp3) is 0.235. The molecular formula is C34H29F3N4O5. The van der Waals surface area contributed by atoms with Crippen LogP contribution in [0.1, 0.15) is 36.4 Å². The largest absolute Gasteiger partial charge is 0.478 e. The molecule has 2 heterocycles. The molecule has 46 heavy (non-hydrogen) atoms. The van der Waals surface area contributed by atoms with Crippen molar-refractivity contribution in [2.24, 2.45) is 0 Å². The zero-order valence-corrected chi connectivity index (χ0v) is 25.2. The van der Waals surface area contributed by atoms with Crippen LogP contribution in [0, 0.1) is 28.8 Å². The van der Waals surface area contributed by atoms with E-state index in [0.29, 0.717) is 35.8 Å². The number of halogens is 3. The maximum Gasteiger partial charge on any atom is 0.347 e. The Morgan fingerprint density at radius 3 is 2.48 bits per heavy atom. The fourth-order valence-corrected chi connectivity index (χ4v) is 4.74. The van der Waals surface area contributed by atoms with E-state index in [1.54, 1.807) is 28.8 Å². The smallest absolute Gasteiger partial charge is 0.347 e. The van der Waals surface area contributed by atoms with E-state index < -0.39 is 29.0 Å². The molecule has 0 saturated heterocycles. The summed E-state index contributed by atoms with van der Waals surface area (Å²) in [7, 11) is 1.54. The predicted octanol–water partition coefficient (Wildman–Crippen LogP) is 6.45. The second-order valence-electron chi connectivity index (χ2n) is 10.9. The molecule has 2 aromatic heterocycles. The van der Waals surface area contributed by atoms with Crippen molar-refractivity contribution in [1.82, 2.24) is 14.5 Å². The van der Waals surface area contributed by atoms with Gasteiger partial charge in [0.25, 0.3) is 0 Å². The lowest BCUT2D eigenvalue weighted by Gasteiger charge is -2.21. The first-order chi connectivity index (χ1) is 22.0. The van der Waals surface area contributed by atoms with Crippen molar-refractivity contribution in [3.8, 4) is 29.0 Å². The number of benzene rings is 3. The van der Waals surface area contributed by atoms with Gasteiger partial charge in [-0.15, -0.1) is 0 Å². The molecule has 0 unspecified atom stereocenters. The van der Waals surface area contributed by atoms with Crippen molar-refractivity contribution in [3.05, 3.63) is 107 Å². The molecule has 3 aromatic carbocycles. The number of carboxylic acid groups (broad SMARTS) is 1. The highest BCUT2D eigenvalue weighted by atomic mass is 19.1. The van der Waals surface area contributed by atoms with E-state index in [9.17, 15) is 14.3 Å². The van der Waals surface area contributed by atoms with Gasteiger partial charge in [0, 0.05) is 43.3 Å². The second-order valence-corrected chi connectivity index (χ2v) is 10.9. The number of carbonyl (C=O) groups is 1. The van der Waals surface area contributed by atoms with Gasteiger partial charge in [0.15, 0.2) is 5.60 Å². The summed E-state index contributed by atoms with van der Waals surface area (Å²) in [4.78, 5) is 20.5. The van der Waals surface area contributed by atoms with Crippen LogP contribution in [0.5, 0.6) is 11.6 Å². The Kier molecular flexibility index (Phi) is 9.25. The molecule has 0 aliphatic heterocycles. The lowest BCUT2D eigenvalue weighted by molar-refractivity contribution is -0.152. The van der Waals surface area contributed by atoms with E-state index in [4.69, 9.17) is 19.5 Å². The molecule has 0 fully saturated rings. The van der Waals surface area contributed by atoms with E-state index >= 15 is 8.78 Å². The van der Waals surface area contributed by atoms with Crippen LogP contribution in [0.2, 0.25) is 0 Å². The molecule has 0 aliphatic rings. The third-order valence-corrected chi connectivity index (χ3v) is 7.25. The van der Waals surface area contributed by atoms with Crippen LogP contribution < -0.4 is 9.47 Å². The highest BCUT2D eigenvalue weighted by molar-refractivity contribution is 5.79.